The normalized spacial score (nSPS) is 17.0. The molecule has 4 aromatic rings. The lowest BCUT2D eigenvalue weighted by Gasteiger charge is -2.49. The van der Waals surface area contributed by atoms with E-state index in [-0.39, 0.29) is 18.9 Å². The van der Waals surface area contributed by atoms with E-state index in [2.05, 4.69) is 11.4 Å². The smallest absolute Gasteiger partial charge is 0.356 e. The summed E-state index contributed by atoms with van der Waals surface area (Å²) < 4.78 is 17.7. The van der Waals surface area contributed by atoms with Crippen LogP contribution in [-0.4, -0.2) is 53.1 Å². The van der Waals surface area contributed by atoms with Gasteiger partial charge in [-0.25, -0.2) is 4.79 Å². The predicted molar refractivity (Wildman–Crippen MR) is 171 cm³/mol. The predicted octanol–water partition coefficient (Wildman–Crippen LogP) is 5.00. The zero-order valence-corrected chi connectivity index (χ0v) is 25.4. The molecule has 1 N–H and O–H groups in total. The van der Waals surface area contributed by atoms with E-state index in [1.807, 2.05) is 66.7 Å². The Hall–Kier alpha value is -5.53. The van der Waals surface area contributed by atoms with Crippen molar-refractivity contribution in [3.05, 3.63) is 143 Å². The molecule has 1 fully saturated rings. The third-order valence-electron chi connectivity index (χ3n) is 7.48. The van der Waals surface area contributed by atoms with Gasteiger partial charge >= 0.3 is 5.97 Å². The van der Waals surface area contributed by atoms with Gasteiger partial charge in [0.15, 0.2) is 12.7 Å². The quantitative estimate of drug-likeness (QED) is 0.182. The minimum absolute atomic E-state index is 0.00784. The molecule has 0 spiro atoms. The summed E-state index contributed by atoms with van der Waals surface area (Å²) in [5.74, 6) is -0.220. The Morgan fingerprint density at radius 3 is 2.15 bits per heavy atom. The lowest BCUT2D eigenvalue weighted by molar-refractivity contribution is -0.155. The first-order valence-electron chi connectivity index (χ1n) is 14.6. The van der Waals surface area contributed by atoms with Crippen LogP contribution in [0.1, 0.15) is 22.8 Å². The van der Waals surface area contributed by atoms with Crippen LogP contribution in [0.25, 0.3) is 0 Å². The molecule has 2 aliphatic heterocycles. The van der Waals surface area contributed by atoms with Crippen molar-refractivity contribution in [3.63, 3.8) is 0 Å². The van der Waals surface area contributed by atoms with Crippen molar-refractivity contribution in [3.8, 4) is 17.6 Å². The number of β-lactam (4-membered cyclic amide) rings is 1. The van der Waals surface area contributed by atoms with Gasteiger partial charge in [-0.2, -0.15) is 5.26 Å². The lowest BCUT2D eigenvalue weighted by Crippen LogP contribution is -2.71. The molecule has 1 saturated heterocycles. The Morgan fingerprint density at radius 1 is 0.870 bits per heavy atom. The highest BCUT2D eigenvalue weighted by Gasteiger charge is 2.54. The molecule has 46 heavy (non-hydrogen) atoms. The Balaban J connectivity index is 1.25. The number of fused-ring (bicyclic) bond motifs is 1. The molecule has 1 unspecified atom stereocenters. The van der Waals surface area contributed by atoms with Gasteiger partial charge in [0.2, 0.25) is 0 Å². The molecule has 6 rings (SSSR count). The second-order valence-corrected chi connectivity index (χ2v) is 11.6. The van der Waals surface area contributed by atoms with Gasteiger partial charge < -0.3 is 19.5 Å². The first-order valence-corrected chi connectivity index (χ1v) is 15.6. The highest BCUT2D eigenvalue weighted by atomic mass is 32.2. The van der Waals surface area contributed by atoms with E-state index >= 15 is 0 Å². The number of hydrogen-bond acceptors (Lipinski definition) is 8. The molecule has 2 heterocycles. The van der Waals surface area contributed by atoms with Crippen LogP contribution in [0.3, 0.4) is 0 Å². The van der Waals surface area contributed by atoms with Crippen molar-refractivity contribution in [2.45, 2.75) is 17.5 Å². The fourth-order valence-electron chi connectivity index (χ4n) is 5.24. The number of nitrogens with one attached hydrogen (secondary N) is 1. The Labute approximate surface area is 270 Å². The van der Waals surface area contributed by atoms with E-state index < -0.39 is 35.3 Å². The van der Waals surface area contributed by atoms with Crippen LogP contribution in [-0.2, 0) is 19.1 Å². The number of rotatable bonds is 11. The molecular formula is C36H29N3O6S. The van der Waals surface area contributed by atoms with E-state index in [1.165, 1.54) is 16.7 Å². The maximum atomic E-state index is 14.1. The molecule has 4 aromatic carbocycles. The number of benzene rings is 4. The number of carbonyl (C=O) groups excluding carboxylic acids is 3. The summed E-state index contributed by atoms with van der Waals surface area (Å²) in [6, 6.07) is 35.6. The molecule has 2 amide bonds. The molecule has 0 aliphatic carbocycles. The molecular weight excluding hydrogens is 602 g/mol. The molecule has 0 saturated carbocycles. The molecule has 0 aromatic heterocycles. The number of esters is 1. The fraction of sp³-hybridized carbons (Fsp3) is 0.167. The first kappa shape index (κ1) is 30.5. The van der Waals surface area contributed by atoms with Gasteiger partial charge in [0.25, 0.3) is 11.8 Å². The second kappa shape index (κ2) is 14.1. The zero-order valence-electron chi connectivity index (χ0n) is 24.6. The summed E-state index contributed by atoms with van der Waals surface area (Å²) in [4.78, 5) is 41.8. The third kappa shape index (κ3) is 6.75. The van der Waals surface area contributed by atoms with Crippen LogP contribution in [0.4, 0.5) is 0 Å². The van der Waals surface area contributed by atoms with Crippen LogP contribution in [0, 0.1) is 11.3 Å². The molecule has 0 radical (unpaired) electrons. The first-order chi connectivity index (χ1) is 22.5. The van der Waals surface area contributed by atoms with Crippen LogP contribution in [0.2, 0.25) is 0 Å². The monoisotopic (exact) mass is 631 g/mol. The SMILES string of the molecule is N#Cc1cccc(OCC2=C(C(=O)OC(c3ccccc3)c3ccccc3)N3C(=O)C(NC(=O)COc4ccccc4)[C@@H]3SC2)c1. The molecule has 230 valence electrons. The van der Waals surface area contributed by atoms with Gasteiger partial charge in [-0.1, -0.05) is 84.9 Å². The van der Waals surface area contributed by atoms with Crippen LogP contribution >= 0.6 is 11.8 Å². The molecule has 10 heteroatoms. The topological polar surface area (TPSA) is 118 Å². The Bertz CT molecular complexity index is 1750. The van der Waals surface area contributed by atoms with Crippen molar-refractivity contribution in [1.29, 1.82) is 5.26 Å². The van der Waals surface area contributed by atoms with Crippen LogP contribution in [0.15, 0.2) is 127 Å². The van der Waals surface area contributed by atoms with Crippen molar-refractivity contribution < 1.29 is 28.6 Å². The molecule has 0 bridgehead atoms. The zero-order chi connectivity index (χ0) is 31.9. The van der Waals surface area contributed by atoms with Crippen LogP contribution < -0.4 is 14.8 Å². The van der Waals surface area contributed by atoms with Crippen molar-refractivity contribution in [1.82, 2.24) is 10.2 Å². The Morgan fingerprint density at radius 2 is 1.50 bits per heavy atom. The summed E-state index contributed by atoms with van der Waals surface area (Å²) in [5.41, 5.74) is 2.63. The summed E-state index contributed by atoms with van der Waals surface area (Å²) >= 11 is 1.42. The van der Waals surface area contributed by atoms with E-state index in [1.54, 1.807) is 48.5 Å². The van der Waals surface area contributed by atoms with Crippen molar-refractivity contribution in [2.75, 3.05) is 19.0 Å². The average Bonchev–Trinajstić information content (AvgIpc) is 3.11. The van der Waals surface area contributed by atoms with Crippen molar-refractivity contribution >= 4 is 29.5 Å². The minimum Gasteiger partial charge on any atom is -0.489 e. The van der Waals surface area contributed by atoms with Gasteiger partial charge in [0, 0.05) is 11.3 Å². The largest absolute Gasteiger partial charge is 0.489 e. The van der Waals surface area contributed by atoms with Gasteiger partial charge in [-0.3, -0.25) is 14.5 Å². The number of nitrogens with zero attached hydrogens (tertiary/aromatic N) is 2. The summed E-state index contributed by atoms with van der Waals surface area (Å²) in [6.07, 6.45) is -0.730. The highest BCUT2D eigenvalue weighted by Crippen LogP contribution is 2.42. The summed E-state index contributed by atoms with van der Waals surface area (Å²) in [5, 5.41) is 11.5. The number of ether oxygens (including phenoxy) is 3. The average molecular weight is 632 g/mol. The molecule has 2 aliphatic rings. The third-order valence-corrected chi connectivity index (χ3v) is 8.82. The standard InChI is InChI=1S/C36H29N3O6S/c37-20-24-11-10-18-29(19-24)43-21-27-23-46-35-31(38-30(40)22-44-28-16-8-3-9-17-28)34(41)39(35)32(27)36(42)45-33(25-12-4-1-5-13-25)26-14-6-2-7-15-26/h1-19,31,33,35H,21-23H2,(H,38,40)/t31?,35-/m0/s1. The fourth-order valence-corrected chi connectivity index (χ4v) is 6.56. The van der Waals surface area contributed by atoms with Crippen LogP contribution in [0.5, 0.6) is 11.5 Å². The number of amides is 2. The number of thioether (sulfide) groups is 1. The van der Waals surface area contributed by atoms with Gasteiger partial charge in [-0.05, 0) is 41.5 Å². The summed E-state index contributed by atoms with van der Waals surface area (Å²) in [7, 11) is 0. The van der Waals surface area contributed by atoms with E-state index in [9.17, 15) is 19.6 Å². The molecule has 2 atom stereocenters. The minimum atomic E-state index is -0.839. The number of hydrogen-bond donors (Lipinski definition) is 1. The molecule has 9 nitrogen and oxygen atoms in total. The maximum Gasteiger partial charge on any atom is 0.356 e. The number of carbonyl (C=O) groups is 3. The Kier molecular flexibility index (Phi) is 9.32. The van der Waals surface area contributed by atoms with Gasteiger partial charge in [0.1, 0.15) is 35.2 Å². The van der Waals surface area contributed by atoms with Crippen molar-refractivity contribution in [2.24, 2.45) is 0 Å². The lowest BCUT2D eigenvalue weighted by atomic mass is 10.0. The second-order valence-electron chi connectivity index (χ2n) is 10.5. The maximum absolute atomic E-state index is 14.1. The van der Waals surface area contributed by atoms with Gasteiger partial charge in [-0.15, -0.1) is 11.8 Å². The van der Waals surface area contributed by atoms with E-state index in [0.29, 0.717) is 28.4 Å². The number of nitriles is 1. The van der Waals surface area contributed by atoms with Gasteiger partial charge in [0.05, 0.1) is 11.6 Å². The number of para-hydroxylation sites is 1. The highest BCUT2D eigenvalue weighted by molar-refractivity contribution is 8.00. The summed E-state index contributed by atoms with van der Waals surface area (Å²) in [6.45, 7) is -0.265. The van der Waals surface area contributed by atoms with E-state index in [4.69, 9.17) is 14.2 Å². The van der Waals surface area contributed by atoms with E-state index in [0.717, 1.165) is 11.1 Å².